The molecule has 0 saturated carbocycles. The Morgan fingerprint density at radius 2 is 2.09 bits per heavy atom. The highest BCUT2D eigenvalue weighted by Crippen LogP contribution is 2.27. The smallest absolute Gasteiger partial charge is 0.280 e. The monoisotopic (exact) mass is 441 g/mol. The lowest BCUT2D eigenvalue weighted by molar-refractivity contribution is -0.121. The van der Waals surface area contributed by atoms with Crippen LogP contribution in [0.1, 0.15) is 48.3 Å². The topological polar surface area (TPSA) is 111 Å². The van der Waals surface area contributed by atoms with Crippen LogP contribution in [0.5, 0.6) is 0 Å². The summed E-state index contributed by atoms with van der Waals surface area (Å²) in [7, 11) is 1.55. The highest BCUT2D eigenvalue weighted by atomic mass is 16.5. The minimum atomic E-state index is -0.350. The molecule has 3 aromatic heterocycles. The number of hydrogen-bond donors (Lipinski definition) is 1. The first kappa shape index (κ1) is 21.8. The Labute approximate surface area is 184 Å². The van der Waals surface area contributed by atoms with Crippen molar-refractivity contribution in [2.75, 3.05) is 20.3 Å². The number of nitrogens with zero attached hydrogens (tertiary/aromatic N) is 4. The van der Waals surface area contributed by atoms with Crippen molar-refractivity contribution in [3.63, 3.8) is 0 Å². The fraction of sp³-hybridized carbons (Fsp3) is 0.455. The van der Waals surface area contributed by atoms with Gasteiger partial charge in [0, 0.05) is 25.1 Å². The third-order valence-electron chi connectivity index (χ3n) is 5.44. The molecule has 10 nitrogen and oxygen atoms in total. The van der Waals surface area contributed by atoms with Gasteiger partial charge in [-0.15, -0.1) is 0 Å². The highest BCUT2D eigenvalue weighted by Gasteiger charge is 2.36. The number of hydrogen-bond acceptors (Lipinski definition) is 6. The van der Waals surface area contributed by atoms with Gasteiger partial charge in [0.1, 0.15) is 23.6 Å². The molecule has 0 bridgehead atoms. The molecular formula is C22H27N5O5. The molecule has 0 unspecified atom stereocenters. The fourth-order valence-electron chi connectivity index (χ4n) is 3.76. The van der Waals surface area contributed by atoms with Crippen LogP contribution in [-0.4, -0.2) is 51.2 Å². The Bertz CT molecular complexity index is 1220. The van der Waals surface area contributed by atoms with Gasteiger partial charge in [0.15, 0.2) is 0 Å². The summed E-state index contributed by atoms with van der Waals surface area (Å²) in [5, 5.41) is 7.28. The average molecular weight is 441 g/mol. The number of carbonyl (C=O) groups excluding carboxylic acids is 2. The summed E-state index contributed by atoms with van der Waals surface area (Å²) in [6, 6.07) is 5.29. The molecule has 4 heterocycles. The van der Waals surface area contributed by atoms with E-state index in [-0.39, 0.29) is 48.1 Å². The number of furan rings is 1. The van der Waals surface area contributed by atoms with Gasteiger partial charge in [-0.2, -0.15) is 9.61 Å². The van der Waals surface area contributed by atoms with Gasteiger partial charge in [0.2, 0.25) is 5.91 Å². The van der Waals surface area contributed by atoms with Crippen molar-refractivity contribution in [2.24, 2.45) is 0 Å². The van der Waals surface area contributed by atoms with Gasteiger partial charge in [-0.05, 0) is 12.1 Å². The zero-order valence-electron chi connectivity index (χ0n) is 18.7. The summed E-state index contributed by atoms with van der Waals surface area (Å²) in [5.74, 6) is 0.00653. The summed E-state index contributed by atoms with van der Waals surface area (Å²) in [5.41, 5.74) is 0.993. The van der Waals surface area contributed by atoms with E-state index in [0.717, 1.165) is 0 Å². The van der Waals surface area contributed by atoms with Crippen molar-refractivity contribution in [3.05, 3.63) is 57.5 Å². The molecule has 3 aromatic rings. The van der Waals surface area contributed by atoms with E-state index in [4.69, 9.17) is 9.15 Å². The Hall–Kier alpha value is -3.40. The van der Waals surface area contributed by atoms with Crippen LogP contribution in [0.15, 0.2) is 33.7 Å². The van der Waals surface area contributed by atoms with Crippen LogP contribution >= 0.6 is 0 Å². The number of ether oxygens (including phenoxy) is 1. The molecule has 1 N–H and O–H groups in total. The molecule has 170 valence electrons. The molecule has 0 spiro atoms. The van der Waals surface area contributed by atoms with Gasteiger partial charge in [0.25, 0.3) is 11.5 Å². The van der Waals surface area contributed by atoms with Crippen LogP contribution in [0.2, 0.25) is 0 Å². The normalized spacial score (nSPS) is 13.8. The zero-order chi connectivity index (χ0) is 23.0. The molecule has 32 heavy (non-hydrogen) atoms. The van der Waals surface area contributed by atoms with Crippen molar-refractivity contribution in [2.45, 2.75) is 45.8 Å². The van der Waals surface area contributed by atoms with Crippen LogP contribution in [0.4, 0.5) is 0 Å². The van der Waals surface area contributed by atoms with Crippen LogP contribution in [0.25, 0.3) is 5.65 Å². The second-order valence-corrected chi connectivity index (χ2v) is 8.85. The highest BCUT2D eigenvalue weighted by molar-refractivity contribution is 5.97. The molecule has 4 rings (SSSR count). The summed E-state index contributed by atoms with van der Waals surface area (Å²) in [6.07, 6.45) is 1.54. The third kappa shape index (κ3) is 3.93. The molecule has 0 radical (unpaired) electrons. The quantitative estimate of drug-likeness (QED) is 0.554. The van der Waals surface area contributed by atoms with E-state index in [1.165, 1.54) is 15.7 Å². The van der Waals surface area contributed by atoms with Crippen LogP contribution in [0, 0.1) is 0 Å². The van der Waals surface area contributed by atoms with Gasteiger partial charge in [-0.3, -0.25) is 14.4 Å². The number of amides is 2. The lowest BCUT2D eigenvalue weighted by Gasteiger charge is -2.15. The fourth-order valence-corrected chi connectivity index (χ4v) is 3.76. The van der Waals surface area contributed by atoms with Crippen molar-refractivity contribution < 1.29 is 18.7 Å². The third-order valence-corrected chi connectivity index (χ3v) is 5.44. The predicted octanol–water partition coefficient (Wildman–Crippen LogP) is 1.31. The van der Waals surface area contributed by atoms with E-state index in [1.54, 1.807) is 29.9 Å². The molecule has 0 atom stereocenters. The lowest BCUT2D eigenvalue weighted by Crippen LogP contribution is -2.34. The lowest BCUT2D eigenvalue weighted by atomic mass is 9.93. The molecule has 1 aliphatic heterocycles. The Morgan fingerprint density at radius 3 is 2.75 bits per heavy atom. The van der Waals surface area contributed by atoms with Crippen LogP contribution in [0.3, 0.4) is 0 Å². The van der Waals surface area contributed by atoms with Gasteiger partial charge < -0.3 is 23.9 Å². The molecule has 0 saturated heterocycles. The van der Waals surface area contributed by atoms with Crippen molar-refractivity contribution >= 4 is 17.5 Å². The Kier molecular flexibility index (Phi) is 5.64. The minimum absolute atomic E-state index is 0.120. The minimum Gasteiger partial charge on any atom is -0.467 e. The van der Waals surface area contributed by atoms with Gasteiger partial charge in [-0.1, -0.05) is 20.8 Å². The summed E-state index contributed by atoms with van der Waals surface area (Å²) in [4.78, 5) is 40.8. The first-order valence-electron chi connectivity index (χ1n) is 10.4. The van der Waals surface area contributed by atoms with E-state index >= 15 is 0 Å². The summed E-state index contributed by atoms with van der Waals surface area (Å²) in [6.45, 7) is 6.93. The second kappa shape index (κ2) is 8.27. The van der Waals surface area contributed by atoms with E-state index in [0.29, 0.717) is 35.8 Å². The number of rotatable bonds is 7. The van der Waals surface area contributed by atoms with Gasteiger partial charge in [-0.25, -0.2) is 0 Å². The summed E-state index contributed by atoms with van der Waals surface area (Å²) < 4.78 is 13.2. The largest absolute Gasteiger partial charge is 0.467 e. The molecule has 0 fully saturated rings. The molecule has 10 heteroatoms. The van der Waals surface area contributed by atoms with Gasteiger partial charge >= 0.3 is 0 Å². The number of methoxy groups -OCH3 is 1. The standard InChI is InChI=1S/C22H27N5O5/c1-22(2,3)16-10-18-26(13-17(28)23-7-9-31-4)19-15(20(29)27(18)24-16)12-25(21(19)30)11-14-6-5-8-32-14/h5-6,8,10H,7,9,11-13H2,1-4H3,(H,23,28). The number of aromatic nitrogens is 3. The molecule has 2 amide bonds. The maximum Gasteiger partial charge on any atom is 0.280 e. The SMILES string of the molecule is COCCNC(=O)Cn1c2c(c(=O)n3nc(C(C)(C)C)cc13)CN(Cc1ccco1)C2=O. The Morgan fingerprint density at radius 1 is 1.31 bits per heavy atom. The zero-order valence-corrected chi connectivity index (χ0v) is 18.7. The van der Waals surface area contributed by atoms with Crippen LogP contribution < -0.4 is 10.9 Å². The van der Waals surface area contributed by atoms with Crippen molar-refractivity contribution in [3.8, 4) is 0 Å². The van der Waals surface area contributed by atoms with Crippen molar-refractivity contribution in [1.82, 2.24) is 24.4 Å². The van der Waals surface area contributed by atoms with E-state index < -0.39 is 0 Å². The first-order valence-corrected chi connectivity index (χ1v) is 10.4. The molecule has 0 aromatic carbocycles. The van der Waals surface area contributed by atoms with E-state index in [2.05, 4.69) is 10.4 Å². The maximum absolute atomic E-state index is 13.3. The number of nitrogens with one attached hydrogen (secondary N) is 1. The maximum atomic E-state index is 13.3. The number of carbonyl (C=O) groups is 2. The second-order valence-electron chi connectivity index (χ2n) is 8.85. The summed E-state index contributed by atoms with van der Waals surface area (Å²) >= 11 is 0. The molecular weight excluding hydrogens is 414 g/mol. The first-order chi connectivity index (χ1) is 15.2. The average Bonchev–Trinajstić information content (AvgIpc) is 3.46. The van der Waals surface area contributed by atoms with E-state index in [9.17, 15) is 14.4 Å². The molecule has 0 aliphatic carbocycles. The van der Waals surface area contributed by atoms with Crippen molar-refractivity contribution in [1.29, 1.82) is 0 Å². The van der Waals surface area contributed by atoms with Gasteiger partial charge in [0.05, 0.1) is 37.2 Å². The Balaban J connectivity index is 1.80. The molecule has 1 aliphatic rings. The van der Waals surface area contributed by atoms with Crippen LogP contribution in [-0.2, 0) is 34.6 Å². The predicted molar refractivity (Wildman–Crippen MR) is 115 cm³/mol. The number of fused-ring (bicyclic) bond motifs is 2. The van der Waals surface area contributed by atoms with E-state index in [1.807, 2.05) is 20.8 Å².